The number of benzene rings is 2. The number of rotatable bonds is 4. The van der Waals surface area contributed by atoms with Crippen molar-refractivity contribution in [3.63, 3.8) is 0 Å². The fourth-order valence-electron chi connectivity index (χ4n) is 4.04. The third kappa shape index (κ3) is 3.18. The van der Waals surface area contributed by atoms with Crippen LogP contribution < -0.4 is 9.68 Å². The molecule has 34 heavy (non-hydrogen) atoms. The van der Waals surface area contributed by atoms with E-state index in [9.17, 15) is 0 Å². The molecule has 0 fully saturated rings. The summed E-state index contributed by atoms with van der Waals surface area (Å²) in [5.41, 5.74) is 6.68. The summed E-state index contributed by atoms with van der Waals surface area (Å²) in [7, 11) is 0. The molecule has 0 spiro atoms. The summed E-state index contributed by atoms with van der Waals surface area (Å²) >= 11 is 0. The summed E-state index contributed by atoms with van der Waals surface area (Å²) in [5.74, 6) is 1.54. The van der Waals surface area contributed by atoms with Crippen LogP contribution in [-0.4, -0.2) is 25.3 Å². The van der Waals surface area contributed by atoms with Gasteiger partial charge in [0.2, 0.25) is 0 Å². The highest BCUT2D eigenvalue weighted by Gasteiger charge is 2.26. The Kier molecular flexibility index (Phi) is 4.59. The third-order valence-electron chi connectivity index (χ3n) is 5.66. The maximum absolute atomic E-state index is 5.85. The standard InChI is InChI=1S/C27H19N5O2/c1-3-31-24(20-9-5-7-11-26(20)33-31)15-18-13-14-19-22(29-30-23(19)17-28-18)16-25-21-10-6-8-12-27(21)34-32(25)4-2/h3-17H,1-2H2/b24-15+,25-16+. The predicted octanol–water partition coefficient (Wildman–Crippen LogP) is 5.48. The summed E-state index contributed by atoms with van der Waals surface area (Å²) in [6.45, 7) is 7.70. The summed E-state index contributed by atoms with van der Waals surface area (Å²) in [6.07, 6.45) is 8.89. The third-order valence-corrected chi connectivity index (χ3v) is 5.66. The molecule has 4 aliphatic rings. The van der Waals surface area contributed by atoms with Gasteiger partial charge in [-0.05, 0) is 48.6 Å². The van der Waals surface area contributed by atoms with Gasteiger partial charge in [0.05, 0.1) is 29.0 Å². The summed E-state index contributed by atoms with van der Waals surface area (Å²) in [6, 6.07) is 19.6. The van der Waals surface area contributed by atoms with Gasteiger partial charge >= 0.3 is 0 Å². The van der Waals surface area contributed by atoms with Crippen molar-refractivity contribution < 1.29 is 9.68 Å². The largest absolute Gasteiger partial charge is 0.375 e. The van der Waals surface area contributed by atoms with Gasteiger partial charge in [0.25, 0.3) is 0 Å². The molecule has 2 aromatic rings. The number of nitrogens with zero attached hydrogens (tertiary/aromatic N) is 5. The number of hydrogen-bond donors (Lipinski definition) is 0. The highest BCUT2D eigenvalue weighted by molar-refractivity contribution is 5.88. The van der Waals surface area contributed by atoms with Crippen molar-refractivity contribution in [1.29, 1.82) is 0 Å². The van der Waals surface area contributed by atoms with Gasteiger partial charge in [-0.15, -0.1) is 10.2 Å². The number of fused-ring (bicyclic) bond motifs is 3. The van der Waals surface area contributed by atoms with Crippen molar-refractivity contribution in [2.45, 2.75) is 0 Å². The number of hydroxylamine groups is 4. The second-order valence-electron chi connectivity index (χ2n) is 7.65. The summed E-state index contributed by atoms with van der Waals surface area (Å²) in [4.78, 5) is 16.3. The Hall–Kier alpha value is -4.91. The van der Waals surface area contributed by atoms with E-state index < -0.39 is 0 Å². The monoisotopic (exact) mass is 445 g/mol. The van der Waals surface area contributed by atoms with Crippen LogP contribution in [0.5, 0.6) is 11.5 Å². The van der Waals surface area contributed by atoms with Gasteiger partial charge in [-0.25, -0.2) is 0 Å². The van der Waals surface area contributed by atoms with E-state index in [-0.39, 0.29) is 0 Å². The van der Waals surface area contributed by atoms with Gasteiger partial charge in [-0.3, -0.25) is 4.98 Å². The molecule has 4 heterocycles. The first kappa shape index (κ1) is 19.8. The van der Waals surface area contributed by atoms with Gasteiger partial charge in [0.1, 0.15) is 5.69 Å². The van der Waals surface area contributed by atoms with E-state index in [1.165, 1.54) is 0 Å². The van der Waals surface area contributed by atoms with Gasteiger partial charge in [-0.1, -0.05) is 37.4 Å². The van der Waals surface area contributed by atoms with Crippen molar-refractivity contribution >= 4 is 23.5 Å². The summed E-state index contributed by atoms with van der Waals surface area (Å²) < 4.78 is 0. The fraction of sp³-hybridized carbons (Fsp3) is 0. The zero-order valence-corrected chi connectivity index (χ0v) is 18.1. The Bertz CT molecular complexity index is 1480. The van der Waals surface area contributed by atoms with Gasteiger partial charge in [-0.2, -0.15) is 10.1 Å². The maximum atomic E-state index is 5.85. The number of hydrogen-bond acceptors (Lipinski definition) is 7. The van der Waals surface area contributed by atoms with Crippen molar-refractivity contribution in [3.8, 4) is 22.8 Å². The van der Waals surface area contributed by atoms with Crippen LogP contribution in [-0.2, 0) is 0 Å². The van der Waals surface area contributed by atoms with Crippen LogP contribution in [0.15, 0.2) is 92.4 Å². The Morgan fingerprint density at radius 3 is 1.94 bits per heavy atom. The normalized spacial score (nSPS) is 16.4. The first-order valence-electron chi connectivity index (χ1n) is 10.7. The minimum Gasteiger partial charge on any atom is -0.375 e. The highest BCUT2D eigenvalue weighted by Crippen LogP contribution is 2.39. The number of para-hydroxylation sites is 2. The molecule has 0 saturated carbocycles. The van der Waals surface area contributed by atoms with Crippen molar-refractivity contribution in [2.24, 2.45) is 0 Å². The molecule has 0 unspecified atom stereocenters. The van der Waals surface area contributed by atoms with Gasteiger partial charge in [0, 0.05) is 29.1 Å². The minimum atomic E-state index is 0.692. The average Bonchev–Trinajstić information content (AvgIpc) is 3.50. The second-order valence-corrected chi connectivity index (χ2v) is 7.65. The van der Waals surface area contributed by atoms with E-state index >= 15 is 0 Å². The minimum absolute atomic E-state index is 0.692. The SMILES string of the molecule is C=CN1Oc2ccccc2/C1=C\c1ccc2c(/C=C3\c4ccccc4ON3C=C)nnc-2cn1. The lowest BCUT2D eigenvalue weighted by molar-refractivity contribution is 0.0776. The van der Waals surface area contributed by atoms with Crippen LogP contribution in [0.25, 0.3) is 34.8 Å². The molecule has 0 N–H and O–H groups in total. The zero-order chi connectivity index (χ0) is 23.1. The smallest absolute Gasteiger partial charge is 0.165 e. The molecule has 2 aromatic carbocycles. The lowest BCUT2D eigenvalue weighted by atomic mass is 10.1. The zero-order valence-electron chi connectivity index (χ0n) is 18.1. The van der Waals surface area contributed by atoms with Gasteiger partial charge in [0.15, 0.2) is 11.5 Å². The van der Waals surface area contributed by atoms with E-state index in [4.69, 9.17) is 9.68 Å². The van der Waals surface area contributed by atoms with Crippen LogP contribution in [0.3, 0.4) is 0 Å². The van der Waals surface area contributed by atoms with E-state index in [1.54, 1.807) is 28.7 Å². The van der Waals surface area contributed by atoms with Crippen LogP contribution in [0.4, 0.5) is 0 Å². The first-order chi connectivity index (χ1) is 16.7. The van der Waals surface area contributed by atoms with Crippen LogP contribution in [0.2, 0.25) is 0 Å². The molecule has 0 atom stereocenters. The Morgan fingerprint density at radius 2 is 1.29 bits per heavy atom. The molecule has 164 valence electrons. The van der Waals surface area contributed by atoms with E-state index in [1.807, 2.05) is 72.8 Å². The molecule has 7 nitrogen and oxygen atoms in total. The summed E-state index contributed by atoms with van der Waals surface area (Å²) in [5, 5.41) is 12.0. The van der Waals surface area contributed by atoms with Crippen LogP contribution in [0, 0.1) is 0 Å². The Morgan fingerprint density at radius 1 is 0.676 bits per heavy atom. The predicted molar refractivity (Wildman–Crippen MR) is 130 cm³/mol. The molecule has 0 radical (unpaired) electrons. The molecule has 0 saturated heterocycles. The molecular formula is C27H19N5O2. The molecule has 0 bridgehead atoms. The second kappa shape index (κ2) is 7.90. The van der Waals surface area contributed by atoms with Crippen molar-refractivity contribution in [3.05, 3.63) is 115 Å². The maximum Gasteiger partial charge on any atom is 0.165 e. The molecule has 0 amide bonds. The molecule has 0 aliphatic carbocycles. The Labute approximate surface area is 196 Å². The van der Waals surface area contributed by atoms with Crippen molar-refractivity contribution in [2.75, 3.05) is 0 Å². The van der Waals surface area contributed by atoms with E-state index in [0.29, 0.717) is 5.69 Å². The highest BCUT2D eigenvalue weighted by atomic mass is 16.7. The molecule has 4 aliphatic heterocycles. The lowest BCUT2D eigenvalue weighted by Crippen LogP contribution is -2.11. The van der Waals surface area contributed by atoms with E-state index in [2.05, 4.69) is 28.3 Å². The van der Waals surface area contributed by atoms with Crippen molar-refractivity contribution in [1.82, 2.24) is 25.3 Å². The molecule has 6 rings (SSSR count). The number of aromatic nitrogens is 3. The molecule has 0 aromatic heterocycles. The Balaban J connectivity index is 1.41. The lowest BCUT2D eigenvalue weighted by Gasteiger charge is -2.12. The molecular weight excluding hydrogens is 426 g/mol. The van der Waals surface area contributed by atoms with Crippen LogP contribution >= 0.6 is 0 Å². The van der Waals surface area contributed by atoms with Gasteiger partial charge < -0.3 is 9.68 Å². The molecule has 7 heteroatoms. The topological polar surface area (TPSA) is 63.6 Å². The fourth-order valence-corrected chi connectivity index (χ4v) is 4.04. The average molecular weight is 445 g/mol. The quantitative estimate of drug-likeness (QED) is 0.412. The van der Waals surface area contributed by atoms with E-state index in [0.717, 1.165) is 51.0 Å². The van der Waals surface area contributed by atoms with Crippen LogP contribution in [0.1, 0.15) is 22.5 Å². The first-order valence-corrected chi connectivity index (χ1v) is 10.7.